The van der Waals surface area contributed by atoms with Crippen LogP contribution >= 0.6 is 11.6 Å². The molecule has 2 N–H and O–H groups in total. The van der Waals surface area contributed by atoms with Crippen LogP contribution < -0.4 is 5.32 Å². The van der Waals surface area contributed by atoms with Crippen LogP contribution in [0.4, 0.5) is 5.82 Å². The average molecular weight is 316 g/mol. The van der Waals surface area contributed by atoms with Crippen molar-refractivity contribution in [3.05, 3.63) is 17.0 Å². The van der Waals surface area contributed by atoms with Crippen molar-refractivity contribution >= 4 is 23.7 Å². The van der Waals surface area contributed by atoms with Gasteiger partial charge in [-0.05, 0) is 37.3 Å². The molecule has 1 aliphatic carbocycles. The highest BCUT2D eigenvalue weighted by Crippen LogP contribution is 2.45. The number of hydrogen-bond acceptors (Lipinski definition) is 5. The fourth-order valence-electron chi connectivity index (χ4n) is 2.49. The number of aromatic nitrogens is 2. The second kappa shape index (κ2) is 9.68. The number of aliphatic hydroxyl groups is 1. The lowest BCUT2D eigenvalue weighted by Crippen LogP contribution is -2.42. The van der Waals surface area contributed by atoms with E-state index < -0.39 is 5.41 Å². The first-order valence-electron chi connectivity index (χ1n) is 7.29. The summed E-state index contributed by atoms with van der Waals surface area (Å²) in [5, 5.41) is 10.3. The molecule has 1 aromatic heterocycles. The number of carbonyl (C=O) groups is 1. The number of nitrogens with zero attached hydrogens (tertiary/aromatic N) is 2. The minimum Gasteiger partial charge on any atom is -0.400 e. The van der Waals surface area contributed by atoms with E-state index in [1.165, 1.54) is 0 Å². The maximum atomic E-state index is 11.3. The molecule has 1 fully saturated rings. The lowest BCUT2D eigenvalue weighted by molar-refractivity contribution is -0.117. The van der Waals surface area contributed by atoms with E-state index >= 15 is 0 Å². The first-order chi connectivity index (χ1) is 10.1. The zero-order valence-electron chi connectivity index (χ0n) is 13.5. The first kappa shape index (κ1) is 19.8. The van der Waals surface area contributed by atoms with E-state index in [4.69, 9.17) is 16.7 Å². The molecule has 5 nitrogen and oxygen atoms in total. The maximum Gasteiger partial charge on any atom is 0.224 e. The zero-order chi connectivity index (χ0) is 16.5. The lowest BCUT2D eigenvalue weighted by atomic mass is 9.62. The molecule has 1 saturated carbocycles. The van der Waals surface area contributed by atoms with E-state index in [1.807, 2.05) is 26.8 Å². The Morgan fingerprint density at radius 3 is 2.43 bits per heavy atom. The molecule has 0 aromatic carbocycles. The maximum absolute atomic E-state index is 11.3. The van der Waals surface area contributed by atoms with Gasteiger partial charge in [0, 0.05) is 19.7 Å². The minimum absolute atomic E-state index is 0.194. The highest BCUT2D eigenvalue weighted by molar-refractivity contribution is 6.28. The summed E-state index contributed by atoms with van der Waals surface area (Å²) in [4.78, 5) is 19.6. The molecule has 0 amide bonds. The van der Waals surface area contributed by atoms with Gasteiger partial charge in [0.25, 0.3) is 0 Å². The van der Waals surface area contributed by atoms with Gasteiger partial charge >= 0.3 is 0 Å². The van der Waals surface area contributed by atoms with E-state index in [0.717, 1.165) is 38.5 Å². The SMILES string of the molecule is CC.CCNc1cc(C2(C=O)CC(C)C2)nc(Cl)n1.CO. The summed E-state index contributed by atoms with van der Waals surface area (Å²) in [5.74, 6) is 1.25. The topological polar surface area (TPSA) is 75.1 Å². The molecule has 6 heteroatoms. The number of rotatable bonds is 4. The van der Waals surface area contributed by atoms with Gasteiger partial charge in [-0.25, -0.2) is 9.97 Å². The molecule has 0 aliphatic heterocycles. The van der Waals surface area contributed by atoms with Crippen molar-refractivity contribution in [2.75, 3.05) is 19.0 Å². The fraction of sp³-hybridized carbons (Fsp3) is 0.667. The predicted octanol–water partition coefficient (Wildman–Crippen LogP) is 3.06. The van der Waals surface area contributed by atoms with E-state index in [-0.39, 0.29) is 5.28 Å². The second-order valence-electron chi connectivity index (χ2n) is 4.73. The molecule has 0 unspecified atom stereocenters. The quantitative estimate of drug-likeness (QED) is 0.659. The van der Waals surface area contributed by atoms with E-state index in [0.29, 0.717) is 11.7 Å². The number of hydrogen-bond donors (Lipinski definition) is 2. The highest BCUT2D eigenvalue weighted by atomic mass is 35.5. The summed E-state index contributed by atoms with van der Waals surface area (Å²) in [6, 6.07) is 1.83. The summed E-state index contributed by atoms with van der Waals surface area (Å²) in [5.41, 5.74) is 0.289. The third-order valence-electron chi connectivity index (χ3n) is 3.22. The van der Waals surface area contributed by atoms with Crippen LogP contribution in [0.3, 0.4) is 0 Å². The summed E-state index contributed by atoms with van der Waals surface area (Å²) >= 11 is 5.89. The van der Waals surface area contributed by atoms with Crippen molar-refractivity contribution in [3.63, 3.8) is 0 Å². The van der Waals surface area contributed by atoms with E-state index in [1.54, 1.807) is 0 Å². The van der Waals surface area contributed by atoms with Crippen LogP contribution in [-0.4, -0.2) is 35.0 Å². The number of halogens is 1. The summed E-state index contributed by atoms with van der Waals surface area (Å²) in [6.07, 6.45) is 2.69. The third kappa shape index (κ3) is 4.93. The van der Waals surface area contributed by atoms with Crippen molar-refractivity contribution in [2.45, 2.75) is 46.0 Å². The molecular weight excluding hydrogens is 290 g/mol. The van der Waals surface area contributed by atoms with Crippen LogP contribution in [0.25, 0.3) is 0 Å². The number of aldehydes is 1. The fourth-order valence-corrected chi connectivity index (χ4v) is 2.68. The molecule has 0 radical (unpaired) electrons. The summed E-state index contributed by atoms with van der Waals surface area (Å²) in [6.45, 7) is 8.88. The Balaban J connectivity index is 0.000000921. The molecule has 0 atom stereocenters. The number of nitrogens with one attached hydrogen (secondary N) is 1. The standard InChI is InChI=1S/C12H16ClN3O.C2H6.CH4O/c1-3-14-10-4-9(15-11(13)16-10)12(7-17)5-8(2)6-12;2*1-2/h4,7-8H,3,5-6H2,1-2H3,(H,14,15,16);1-2H3;2H,1H3. The zero-order valence-corrected chi connectivity index (χ0v) is 14.2. The van der Waals surface area contributed by atoms with E-state index in [9.17, 15) is 4.79 Å². The van der Waals surface area contributed by atoms with Crippen LogP contribution in [0.15, 0.2) is 6.07 Å². The largest absolute Gasteiger partial charge is 0.400 e. The van der Waals surface area contributed by atoms with Crippen LogP contribution in [0.1, 0.15) is 46.2 Å². The number of carbonyl (C=O) groups excluding carboxylic acids is 1. The van der Waals surface area contributed by atoms with Crippen molar-refractivity contribution in [1.82, 2.24) is 9.97 Å². The van der Waals surface area contributed by atoms with Gasteiger partial charge in [0.15, 0.2) is 0 Å². The Labute approximate surface area is 132 Å². The Morgan fingerprint density at radius 2 is 2.00 bits per heavy atom. The smallest absolute Gasteiger partial charge is 0.224 e. The Bertz CT molecular complexity index is 435. The molecule has 0 saturated heterocycles. The molecule has 0 bridgehead atoms. The Morgan fingerprint density at radius 1 is 1.43 bits per heavy atom. The monoisotopic (exact) mass is 315 g/mol. The molecule has 120 valence electrons. The third-order valence-corrected chi connectivity index (χ3v) is 3.39. The molecular formula is C15H26ClN3O2. The molecule has 1 heterocycles. The Kier molecular flexibility index (Phi) is 9.13. The van der Waals surface area contributed by atoms with Gasteiger partial charge in [-0.1, -0.05) is 20.8 Å². The van der Waals surface area contributed by atoms with Gasteiger partial charge in [0.2, 0.25) is 5.28 Å². The number of anilines is 1. The van der Waals surface area contributed by atoms with Crippen LogP contribution in [0.2, 0.25) is 5.28 Å². The van der Waals surface area contributed by atoms with Crippen molar-refractivity contribution in [3.8, 4) is 0 Å². The summed E-state index contributed by atoms with van der Waals surface area (Å²) in [7, 11) is 1.00. The highest BCUT2D eigenvalue weighted by Gasteiger charge is 2.45. The second-order valence-corrected chi connectivity index (χ2v) is 5.06. The van der Waals surface area contributed by atoms with E-state index in [2.05, 4.69) is 22.2 Å². The normalized spacial score (nSPS) is 22.7. The molecule has 1 aliphatic rings. The minimum atomic E-state index is -0.448. The molecule has 1 aromatic rings. The predicted molar refractivity (Wildman–Crippen MR) is 86.8 cm³/mol. The van der Waals surface area contributed by atoms with Crippen molar-refractivity contribution < 1.29 is 9.90 Å². The average Bonchev–Trinajstić information content (AvgIpc) is 2.47. The number of aliphatic hydroxyl groups excluding tert-OH is 1. The first-order valence-corrected chi connectivity index (χ1v) is 7.67. The van der Waals surface area contributed by atoms with Gasteiger partial charge in [-0.3, -0.25) is 0 Å². The molecule has 21 heavy (non-hydrogen) atoms. The van der Waals surface area contributed by atoms with Crippen molar-refractivity contribution in [2.24, 2.45) is 5.92 Å². The summed E-state index contributed by atoms with van der Waals surface area (Å²) < 4.78 is 0. The van der Waals surface area contributed by atoms with Gasteiger partial charge in [0.05, 0.1) is 11.1 Å². The van der Waals surface area contributed by atoms with Gasteiger partial charge in [-0.15, -0.1) is 0 Å². The van der Waals surface area contributed by atoms with Crippen LogP contribution in [0.5, 0.6) is 0 Å². The van der Waals surface area contributed by atoms with Gasteiger partial charge in [0.1, 0.15) is 12.1 Å². The van der Waals surface area contributed by atoms with Crippen molar-refractivity contribution in [1.29, 1.82) is 0 Å². The molecule has 2 rings (SSSR count). The van der Waals surface area contributed by atoms with Crippen LogP contribution in [0, 0.1) is 5.92 Å². The lowest BCUT2D eigenvalue weighted by Gasteiger charge is -2.41. The Hall–Kier alpha value is -1.20. The van der Waals surface area contributed by atoms with Gasteiger partial charge < -0.3 is 15.2 Å². The van der Waals surface area contributed by atoms with Gasteiger partial charge in [-0.2, -0.15) is 0 Å². The molecule has 0 spiro atoms. The van der Waals surface area contributed by atoms with Crippen LogP contribution in [-0.2, 0) is 10.2 Å².